The van der Waals surface area contributed by atoms with Crippen LogP contribution in [-0.4, -0.2) is 21.9 Å². The number of rotatable bonds is 3. The van der Waals surface area contributed by atoms with E-state index in [9.17, 15) is 18.0 Å². The lowest BCUT2D eigenvalue weighted by Crippen LogP contribution is -2.52. The highest BCUT2D eigenvalue weighted by atomic mass is 32.2. The van der Waals surface area contributed by atoms with Crippen molar-refractivity contribution in [1.29, 1.82) is 0 Å². The second-order valence-corrected chi connectivity index (χ2v) is 7.46. The Hall–Kier alpha value is -1.50. The quantitative estimate of drug-likeness (QED) is 0.912. The van der Waals surface area contributed by atoms with Crippen molar-refractivity contribution in [2.45, 2.75) is 38.2 Å². The molecule has 0 saturated carbocycles. The average Bonchev–Trinajstić information content (AvgIpc) is 2.84. The number of ketones is 1. The average molecular weight is 330 g/mol. The van der Waals surface area contributed by atoms with Crippen LogP contribution >= 0.6 is 11.8 Å². The highest BCUT2D eigenvalue weighted by Gasteiger charge is 2.60. The monoisotopic (exact) mass is 330 g/mol. The summed E-state index contributed by atoms with van der Waals surface area (Å²) in [7, 11) is 0. The van der Waals surface area contributed by atoms with Gasteiger partial charge in [-0.05, 0) is 0 Å². The van der Waals surface area contributed by atoms with Gasteiger partial charge in [-0.15, -0.1) is 0 Å². The van der Waals surface area contributed by atoms with E-state index in [0.29, 0.717) is 17.3 Å². The molecule has 1 aliphatic rings. The van der Waals surface area contributed by atoms with Gasteiger partial charge in [0, 0.05) is 11.0 Å². The second-order valence-electron chi connectivity index (χ2n) is 6.17. The summed E-state index contributed by atoms with van der Waals surface area (Å²) in [6.45, 7) is 4.83. The van der Waals surface area contributed by atoms with Crippen LogP contribution in [0.2, 0.25) is 0 Å². The Labute approximate surface area is 131 Å². The van der Waals surface area contributed by atoms with E-state index in [1.165, 1.54) is 0 Å². The number of carbonyl (C=O) groups excluding carboxylic acids is 1. The van der Waals surface area contributed by atoms with Crippen LogP contribution in [0.3, 0.4) is 0 Å². The van der Waals surface area contributed by atoms with Gasteiger partial charge in [0.25, 0.3) is 0 Å². The van der Waals surface area contributed by atoms with Crippen molar-refractivity contribution in [3.8, 4) is 0 Å². The van der Waals surface area contributed by atoms with Crippen LogP contribution in [0, 0.1) is 5.41 Å². The minimum Gasteiger partial charge on any atom is -0.299 e. The predicted octanol–water partition coefficient (Wildman–Crippen LogP) is 3.95. The standard InChI is InChI=1S/C15H17F3N2OS/c1-13(2,3)11(21)9-14(15(16,17)18)20-19-12(22-14)10-7-5-4-6-8-10/h4-8,20H,9H2,1-3H3. The molecule has 22 heavy (non-hydrogen) atoms. The summed E-state index contributed by atoms with van der Waals surface area (Å²) < 4.78 is 40.6. The Kier molecular flexibility index (Phi) is 4.30. The molecule has 0 spiro atoms. The number of carbonyl (C=O) groups is 1. The van der Waals surface area contributed by atoms with E-state index in [4.69, 9.17) is 0 Å². The molecule has 1 atom stereocenters. The Morgan fingerprint density at radius 3 is 2.32 bits per heavy atom. The minimum atomic E-state index is -4.60. The number of nitrogens with one attached hydrogen (secondary N) is 1. The van der Waals surface area contributed by atoms with Crippen molar-refractivity contribution in [3.05, 3.63) is 35.9 Å². The molecule has 0 aromatic heterocycles. The lowest BCUT2D eigenvalue weighted by molar-refractivity contribution is -0.172. The summed E-state index contributed by atoms with van der Waals surface area (Å²) in [6, 6.07) is 8.60. The molecule has 0 bridgehead atoms. The van der Waals surface area contributed by atoms with Gasteiger partial charge < -0.3 is 0 Å². The van der Waals surface area contributed by atoms with Crippen molar-refractivity contribution in [2.24, 2.45) is 10.5 Å². The van der Waals surface area contributed by atoms with Crippen LogP contribution < -0.4 is 5.43 Å². The topological polar surface area (TPSA) is 41.5 Å². The van der Waals surface area contributed by atoms with Crippen LogP contribution in [0.1, 0.15) is 32.8 Å². The van der Waals surface area contributed by atoms with E-state index < -0.39 is 28.7 Å². The molecule has 1 aliphatic heterocycles. The van der Waals surface area contributed by atoms with Gasteiger partial charge in [-0.25, -0.2) is 0 Å². The molecule has 0 radical (unpaired) electrons. The first kappa shape index (κ1) is 16.9. The Morgan fingerprint density at radius 2 is 1.82 bits per heavy atom. The van der Waals surface area contributed by atoms with Crippen molar-refractivity contribution < 1.29 is 18.0 Å². The van der Waals surface area contributed by atoms with Crippen molar-refractivity contribution in [1.82, 2.24) is 5.43 Å². The van der Waals surface area contributed by atoms with Crippen LogP contribution in [-0.2, 0) is 4.79 Å². The molecule has 1 heterocycles. The summed E-state index contributed by atoms with van der Waals surface area (Å²) in [6.07, 6.45) is -5.26. The third-order valence-corrected chi connectivity index (χ3v) is 4.67. The zero-order chi connectivity index (χ0) is 16.6. The number of hydrogen-bond donors (Lipinski definition) is 1. The van der Waals surface area contributed by atoms with Crippen molar-refractivity contribution >= 4 is 22.6 Å². The molecule has 1 aromatic rings. The van der Waals surface area contributed by atoms with E-state index in [0.717, 1.165) is 0 Å². The maximum Gasteiger partial charge on any atom is 0.423 e. The first-order valence-electron chi connectivity index (χ1n) is 6.74. The maximum atomic E-state index is 13.5. The molecule has 1 aromatic carbocycles. The van der Waals surface area contributed by atoms with E-state index in [1.54, 1.807) is 51.1 Å². The lowest BCUT2D eigenvalue weighted by atomic mass is 9.87. The molecule has 0 fully saturated rings. The van der Waals surface area contributed by atoms with Gasteiger partial charge >= 0.3 is 6.18 Å². The first-order chi connectivity index (χ1) is 10.1. The molecule has 1 unspecified atom stereocenters. The second kappa shape index (κ2) is 5.61. The first-order valence-corrected chi connectivity index (χ1v) is 7.56. The number of hydrazone groups is 1. The van der Waals surface area contributed by atoms with Crippen LogP contribution in [0.25, 0.3) is 0 Å². The summed E-state index contributed by atoms with van der Waals surface area (Å²) in [5.74, 6) is -0.464. The van der Waals surface area contributed by atoms with Crippen molar-refractivity contribution in [2.75, 3.05) is 0 Å². The highest BCUT2D eigenvalue weighted by molar-refractivity contribution is 8.15. The molecule has 7 heteroatoms. The number of nitrogens with zero attached hydrogens (tertiary/aromatic N) is 1. The number of alkyl halides is 3. The van der Waals surface area contributed by atoms with Gasteiger partial charge in [-0.1, -0.05) is 62.9 Å². The number of thioether (sulfide) groups is 1. The minimum absolute atomic E-state index is 0.236. The normalized spacial score (nSPS) is 22.2. The molecule has 0 saturated heterocycles. The van der Waals surface area contributed by atoms with Crippen LogP contribution in [0.15, 0.2) is 35.4 Å². The molecule has 3 nitrogen and oxygen atoms in total. The Balaban J connectivity index is 2.27. The molecular formula is C15H17F3N2OS. The zero-order valence-electron chi connectivity index (χ0n) is 12.5. The zero-order valence-corrected chi connectivity index (χ0v) is 13.3. The molecule has 2 rings (SSSR count). The molecule has 0 amide bonds. The van der Waals surface area contributed by atoms with Crippen LogP contribution in [0.4, 0.5) is 13.2 Å². The molecular weight excluding hydrogens is 313 g/mol. The Bertz CT molecular complexity index is 593. The molecule has 0 aliphatic carbocycles. The smallest absolute Gasteiger partial charge is 0.299 e. The van der Waals surface area contributed by atoms with Crippen molar-refractivity contribution in [3.63, 3.8) is 0 Å². The van der Waals surface area contributed by atoms with Gasteiger partial charge in [-0.3, -0.25) is 10.2 Å². The summed E-state index contributed by atoms with van der Waals surface area (Å²) >= 11 is 0.556. The SMILES string of the molecule is CC(C)(C)C(=O)CC1(C(F)(F)F)NN=C(c2ccccc2)S1. The summed E-state index contributed by atoms with van der Waals surface area (Å²) in [5.41, 5.74) is 1.92. The molecule has 120 valence electrons. The van der Waals surface area contributed by atoms with E-state index in [2.05, 4.69) is 10.5 Å². The van der Waals surface area contributed by atoms with E-state index in [-0.39, 0.29) is 5.04 Å². The summed E-state index contributed by atoms with van der Waals surface area (Å²) in [5, 5.41) is 4.05. The highest BCUT2D eigenvalue weighted by Crippen LogP contribution is 2.47. The largest absolute Gasteiger partial charge is 0.423 e. The fraction of sp³-hybridized carbons (Fsp3) is 0.467. The molecule has 1 N–H and O–H groups in total. The van der Waals surface area contributed by atoms with Crippen LogP contribution in [0.5, 0.6) is 0 Å². The number of benzene rings is 1. The fourth-order valence-corrected chi connectivity index (χ4v) is 2.93. The van der Waals surface area contributed by atoms with Gasteiger partial charge in [0.05, 0.1) is 6.42 Å². The van der Waals surface area contributed by atoms with Gasteiger partial charge in [0.15, 0.2) is 0 Å². The van der Waals surface area contributed by atoms with Gasteiger partial charge in [0.1, 0.15) is 10.8 Å². The summed E-state index contributed by atoms with van der Waals surface area (Å²) in [4.78, 5) is 9.71. The Morgan fingerprint density at radius 1 is 1.23 bits per heavy atom. The number of halogens is 3. The third kappa shape index (κ3) is 3.29. The fourth-order valence-electron chi connectivity index (χ4n) is 1.84. The number of Topliss-reactive ketones (excluding diaryl/α,β-unsaturated/α-hetero) is 1. The van der Waals surface area contributed by atoms with Gasteiger partial charge in [-0.2, -0.15) is 18.3 Å². The maximum absolute atomic E-state index is 13.5. The third-order valence-electron chi connectivity index (χ3n) is 3.33. The van der Waals surface area contributed by atoms with Gasteiger partial charge in [0.2, 0.25) is 4.87 Å². The predicted molar refractivity (Wildman–Crippen MR) is 81.6 cm³/mol. The lowest BCUT2D eigenvalue weighted by Gasteiger charge is -2.31. The van der Waals surface area contributed by atoms with E-state index >= 15 is 0 Å². The van der Waals surface area contributed by atoms with E-state index in [1.807, 2.05) is 0 Å². The number of hydrogen-bond acceptors (Lipinski definition) is 4.